The van der Waals surface area contributed by atoms with Crippen molar-refractivity contribution in [1.82, 2.24) is 20.1 Å². The van der Waals surface area contributed by atoms with Gasteiger partial charge < -0.3 is 9.64 Å². The number of morpholine rings is 1. The lowest BCUT2D eigenvalue weighted by Gasteiger charge is -2.32. The summed E-state index contributed by atoms with van der Waals surface area (Å²) in [5.74, 6) is 2.24. The van der Waals surface area contributed by atoms with Crippen molar-refractivity contribution in [2.24, 2.45) is 5.92 Å². The molecule has 2 aromatic rings. The third-order valence-corrected chi connectivity index (χ3v) is 5.94. The molecule has 2 aromatic heterocycles. The molecule has 1 aliphatic heterocycles. The lowest BCUT2D eigenvalue weighted by molar-refractivity contribution is -0.0267. The molecule has 0 saturated carbocycles. The zero-order valence-corrected chi connectivity index (χ0v) is 14.9. The number of rotatable bonds is 2. The van der Waals surface area contributed by atoms with Gasteiger partial charge in [0.25, 0.3) is 5.91 Å². The van der Waals surface area contributed by atoms with Crippen LogP contribution in [0, 0.1) is 12.8 Å². The quantitative estimate of drug-likeness (QED) is 0.907. The summed E-state index contributed by atoms with van der Waals surface area (Å²) in [6, 6.07) is 0. The molecular weight excluding hydrogens is 324 g/mol. The summed E-state index contributed by atoms with van der Waals surface area (Å²) in [5.41, 5.74) is 2.17. The molecule has 2 atom stereocenters. The number of aryl methyl sites for hydroxylation is 1. The number of carbonyl (C=O) groups excluding carboxylic acids is 1. The first kappa shape index (κ1) is 15.8. The van der Waals surface area contributed by atoms with Crippen molar-refractivity contribution in [3.05, 3.63) is 33.0 Å². The van der Waals surface area contributed by atoms with E-state index in [1.165, 1.54) is 16.9 Å². The number of aromatic nitrogens is 3. The van der Waals surface area contributed by atoms with Gasteiger partial charge in [0.05, 0.1) is 18.7 Å². The van der Waals surface area contributed by atoms with Crippen LogP contribution in [0.2, 0.25) is 0 Å². The van der Waals surface area contributed by atoms with E-state index >= 15 is 0 Å². The van der Waals surface area contributed by atoms with Gasteiger partial charge in [-0.25, -0.2) is 4.98 Å². The summed E-state index contributed by atoms with van der Waals surface area (Å²) in [5, 5.41) is 9.07. The third-order valence-electron chi connectivity index (χ3n) is 4.89. The van der Waals surface area contributed by atoms with Crippen molar-refractivity contribution in [2.45, 2.75) is 39.2 Å². The summed E-state index contributed by atoms with van der Waals surface area (Å²) in [6.45, 7) is 5.81. The lowest BCUT2D eigenvalue weighted by Crippen LogP contribution is -2.42. The standard InChI is InChI=1S/C17H22N4O2S/c1-10-3-4-12-13(9-24-15(12)7-10)17(22)21-5-6-23-14(8-21)16-18-11(2)19-20-16/h9-10,14H,3-8H2,1-2H3,(H,18,19,20)/t10-,14+/m0/s1. The summed E-state index contributed by atoms with van der Waals surface area (Å²) >= 11 is 1.74. The van der Waals surface area contributed by atoms with Gasteiger partial charge in [0.15, 0.2) is 5.82 Å². The molecule has 4 rings (SSSR count). The van der Waals surface area contributed by atoms with Crippen LogP contribution in [0.3, 0.4) is 0 Å². The molecule has 1 saturated heterocycles. The van der Waals surface area contributed by atoms with E-state index in [4.69, 9.17) is 4.74 Å². The Morgan fingerprint density at radius 1 is 1.50 bits per heavy atom. The van der Waals surface area contributed by atoms with Gasteiger partial charge in [-0.05, 0) is 37.7 Å². The number of nitrogens with one attached hydrogen (secondary N) is 1. The number of amides is 1. The molecule has 6 nitrogen and oxygen atoms in total. The minimum atomic E-state index is -0.248. The highest BCUT2D eigenvalue weighted by Gasteiger charge is 2.31. The molecule has 0 aromatic carbocycles. The number of hydrogen-bond donors (Lipinski definition) is 1. The molecule has 0 bridgehead atoms. The minimum Gasteiger partial charge on any atom is -0.366 e. The van der Waals surface area contributed by atoms with Crippen molar-refractivity contribution < 1.29 is 9.53 Å². The molecular formula is C17H22N4O2S. The summed E-state index contributed by atoms with van der Waals surface area (Å²) in [7, 11) is 0. The first-order valence-electron chi connectivity index (χ1n) is 8.51. The van der Waals surface area contributed by atoms with E-state index in [0.717, 1.165) is 30.1 Å². The minimum absolute atomic E-state index is 0.127. The zero-order valence-electron chi connectivity index (χ0n) is 14.0. The fourth-order valence-corrected chi connectivity index (χ4v) is 4.76. The normalized spacial score (nSPS) is 24.0. The van der Waals surface area contributed by atoms with Gasteiger partial charge in [0.2, 0.25) is 0 Å². The fraction of sp³-hybridized carbons (Fsp3) is 0.588. The maximum atomic E-state index is 13.0. The van der Waals surface area contributed by atoms with Gasteiger partial charge in [0, 0.05) is 16.8 Å². The van der Waals surface area contributed by atoms with Crippen molar-refractivity contribution >= 4 is 17.2 Å². The second kappa shape index (κ2) is 6.29. The van der Waals surface area contributed by atoms with Crippen LogP contribution in [0.5, 0.6) is 0 Å². The van der Waals surface area contributed by atoms with Crippen LogP contribution in [-0.4, -0.2) is 45.7 Å². The van der Waals surface area contributed by atoms with Crippen LogP contribution in [0.25, 0.3) is 0 Å². The number of H-pyrrole nitrogens is 1. The molecule has 1 fully saturated rings. The molecule has 24 heavy (non-hydrogen) atoms. The second-order valence-corrected chi connectivity index (χ2v) is 7.75. The van der Waals surface area contributed by atoms with Crippen molar-refractivity contribution in [2.75, 3.05) is 19.7 Å². The molecule has 7 heteroatoms. The molecule has 1 amide bonds. The Morgan fingerprint density at radius 3 is 3.17 bits per heavy atom. The van der Waals surface area contributed by atoms with Crippen molar-refractivity contribution in [1.29, 1.82) is 0 Å². The summed E-state index contributed by atoms with van der Waals surface area (Å²) in [4.78, 5) is 20.7. The maximum Gasteiger partial charge on any atom is 0.255 e. The number of thiophene rings is 1. The van der Waals surface area contributed by atoms with E-state index in [1.54, 1.807) is 11.3 Å². The van der Waals surface area contributed by atoms with Gasteiger partial charge in [-0.2, -0.15) is 5.10 Å². The van der Waals surface area contributed by atoms with E-state index < -0.39 is 0 Å². The smallest absolute Gasteiger partial charge is 0.255 e. The van der Waals surface area contributed by atoms with E-state index in [2.05, 4.69) is 22.1 Å². The second-order valence-electron chi connectivity index (χ2n) is 6.79. The molecule has 0 spiro atoms. The lowest BCUT2D eigenvalue weighted by atomic mass is 9.88. The zero-order chi connectivity index (χ0) is 16.7. The highest BCUT2D eigenvalue weighted by molar-refractivity contribution is 7.10. The molecule has 1 aliphatic carbocycles. The van der Waals surface area contributed by atoms with Crippen LogP contribution < -0.4 is 0 Å². The van der Waals surface area contributed by atoms with E-state index in [0.29, 0.717) is 25.5 Å². The molecule has 0 unspecified atom stereocenters. The molecule has 2 aliphatic rings. The Bertz CT molecular complexity index is 754. The Hall–Kier alpha value is -1.73. The number of aromatic amines is 1. The Balaban J connectivity index is 1.52. The Labute approximate surface area is 145 Å². The van der Waals surface area contributed by atoms with Crippen LogP contribution in [-0.2, 0) is 17.6 Å². The van der Waals surface area contributed by atoms with Gasteiger partial charge in [-0.15, -0.1) is 11.3 Å². The molecule has 0 radical (unpaired) electrons. The predicted octanol–water partition coefficient (Wildman–Crippen LogP) is 2.51. The van der Waals surface area contributed by atoms with E-state index in [-0.39, 0.29) is 12.0 Å². The third kappa shape index (κ3) is 2.86. The summed E-state index contributed by atoms with van der Waals surface area (Å²) < 4.78 is 5.77. The molecule has 128 valence electrons. The number of fused-ring (bicyclic) bond motifs is 1. The number of nitrogens with zero attached hydrogens (tertiary/aromatic N) is 3. The first-order valence-corrected chi connectivity index (χ1v) is 9.39. The van der Waals surface area contributed by atoms with Gasteiger partial charge in [0.1, 0.15) is 11.9 Å². The monoisotopic (exact) mass is 346 g/mol. The number of ether oxygens (including phenoxy) is 1. The fourth-order valence-electron chi connectivity index (χ4n) is 3.52. The van der Waals surface area contributed by atoms with Crippen LogP contribution >= 0.6 is 11.3 Å². The van der Waals surface area contributed by atoms with Gasteiger partial charge >= 0.3 is 0 Å². The van der Waals surface area contributed by atoms with Gasteiger partial charge in [-0.1, -0.05) is 6.92 Å². The van der Waals surface area contributed by atoms with Crippen molar-refractivity contribution in [3.8, 4) is 0 Å². The van der Waals surface area contributed by atoms with Gasteiger partial charge in [-0.3, -0.25) is 9.89 Å². The molecule has 1 N–H and O–H groups in total. The largest absolute Gasteiger partial charge is 0.366 e. The highest BCUT2D eigenvalue weighted by Crippen LogP contribution is 2.34. The highest BCUT2D eigenvalue weighted by atomic mass is 32.1. The van der Waals surface area contributed by atoms with Crippen LogP contribution in [0.4, 0.5) is 0 Å². The van der Waals surface area contributed by atoms with Crippen LogP contribution in [0.1, 0.15) is 51.9 Å². The SMILES string of the molecule is Cc1nc([C@H]2CN(C(=O)c3csc4c3CC[C@H](C)C4)CCO2)n[nH]1. The number of carbonyl (C=O) groups is 1. The first-order chi connectivity index (χ1) is 11.6. The van der Waals surface area contributed by atoms with Crippen molar-refractivity contribution in [3.63, 3.8) is 0 Å². The molecule has 3 heterocycles. The van der Waals surface area contributed by atoms with Crippen LogP contribution in [0.15, 0.2) is 5.38 Å². The summed E-state index contributed by atoms with van der Waals surface area (Å²) in [6.07, 6.45) is 3.05. The average Bonchev–Trinajstić information content (AvgIpc) is 3.20. The Morgan fingerprint density at radius 2 is 2.38 bits per heavy atom. The van der Waals surface area contributed by atoms with E-state index in [1.807, 2.05) is 17.2 Å². The van der Waals surface area contributed by atoms with E-state index in [9.17, 15) is 4.79 Å². The topological polar surface area (TPSA) is 71.1 Å². The Kier molecular flexibility index (Phi) is 4.14. The maximum absolute atomic E-state index is 13.0. The average molecular weight is 346 g/mol. The number of hydrogen-bond acceptors (Lipinski definition) is 5. The predicted molar refractivity (Wildman–Crippen MR) is 91.2 cm³/mol.